The van der Waals surface area contributed by atoms with E-state index < -0.39 is 10.5 Å². The summed E-state index contributed by atoms with van der Waals surface area (Å²) in [6, 6.07) is 16.5. The fraction of sp³-hybridized carbons (Fsp3) is 0. The number of nitrogens with zero attached hydrogens (tertiary/aromatic N) is 3. The van der Waals surface area contributed by atoms with Crippen LogP contribution >= 0.6 is 38.9 Å². The van der Waals surface area contributed by atoms with Gasteiger partial charge in [0.15, 0.2) is 0 Å². The van der Waals surface area contributed by atoms with Crippen molar-refractivity contribution in [1.82, 2.24) is 4.98 Å². The van der Waals surface area contributed by atoms with E-state index in [1.807, 2.05) is 6.07 Å². The Kier molecular flexibility index (Phi) is 6.28. The SMILES string of the molecule is N#C/C(=C\c1ccc(-c2ccc([N+](=O)[O-])cc2Cl)o1)c1nc(-c2cc3cc(Br)ccc3oc2=O)cs1. The molecule has 0 amide bonds. The minimum atomic E-state index is -0.534. The number of allylic oxidation sites excluding steroid dienone is 1. The molecule has 176 valence electrons. The van der Waals surface area contributed by atoms with Crippen LogP contribution in [0.1, 0.15) is 10.8 Å². The molecule has 0 aliphatic rings. The molecule has 0 atom stereocenters. The molecule has 0 aliphatic heterocycles. The number of nitro benzene ring substituents is 1. The van der Waals surface area contributed by atoms with Crippen LogP contribution in [-0.4, -0.2) is 9.91 Å². The van der Waals surface area contributed by atoms with Crippen molar-refractivity contribution in [1.29, 1.82) is 5.26 Å². The van der Waals surface area contributed by atoms with Gasteiger partial charge in [-0.15, -0.1) is 11.3 Å². The molecule has 11 heteroatoms. The monoisotopic (exact) mass is 579 g/mol. The van der Waals surface area contributed by atoms with Crippen LogP contribution in [0.3, 0.4) is 0 Å². The first-order valence-electron chi connectivity index (χ1n) is 10.2. The lowest BCUT2D eigenvalue weighted by molar-refractivity contribution is -0.384. The number of furan rings is 1. The van der Waals surface area contributed by atoms with E-state index in [2.05, 4.69) is 27.0 Å². The lowest BCUT2D eigenvalue weighted by Crippen LogP contribution is -2.02. The Morgan fingerprint density at radius 3 is 2.72 bits per heavy atom. The maximum absolute atomic E-state index is 12.5. The summed E-state index contributed by atoms with van der Waals surface area (Å²) in [6.45, 7) is 0. The number of hydrogen-bond donors (Lipinski definition) is 0. The Morgan fingerprint density at radius 1 is 1.14 bits per heavy atom. The fourth-order valence-corrected chi connectivity index (χ4v) is 4.90. The molecular weight excluding hydrogens is 570 g/mol. The number of rotatable bonds is 5. The first-order valence-corrected chi connectivity index (χ1v) is 12.2. The molecular formula is C25H11BrClN3O5S. The zero-order chi connectivity index (χ0) is 25.4. The molecule has 5 aromatic rings. The number of hydrogen-bond acceptors (Lipinski definition) is 8. The Balaban J connectivity index is 1.46. The third kappa shape index (κ3) is 4.59. The summed E-state index contributed by atoms with van der Waals surface area (Å²) in [5.41, 5.74) is 1.19. The molecule has 36 heavy (non-hydrogen) atoms. The van der Waals surface area contributed by atoms with Crippen molar-refractivity contribution in [3.63, 3.8) is 0 Å². The van der Waals surface area contributed by atoms with Crippen molar-refractivity contribution in [2.24, 2.45) is 0 Å². The average Bonchev–Trinajstić information content (AvgIpc) is 3.52. The average molecular weight is 581 g/mol. The summed E-state index contributed by atoms with van der Waals surface area (Å²) in [4.78, 5) is 27.4. The van der Waals surface area contributed by atoms with E-state index in [4.69, 9.17) is 20.4 Å². The predicted molar refractivity (Wildman–Crippen MR) is 141 cm³/mol. The van der Waals surface area contributed by atoms with Gasteiger partial charge in [-0.25, -0.2) is 9.78 Å². The van der Waals surface area contributed by atoms with E-state index in [9.17, 15) is 20.2 Å². The van der Waals surface area contributed by atoms with Crippen LogP contribution in [0.25, 0.3) is 45.2 Å². The standard InChI is InChI=1S/C25H11BrClN3O5S/c26-15-1-5-22-13(7-15)9-19(25(31)35-22)21-12-36-24(29-21)14(11-28)8-17-3-6-23(34-17)18-4-2-16(30(32)33)10-20(18)27/h1-10,12H/b14-8+. The van der Waals surface area contributed by atoms with Crippen molar-refractivity contribution in [2.45, 2.75) is 0 Å². The second-order valence-electron chi connectivity index (χ2n) is 7.46. The Hall–Kier alpha value is -4.04. The quantitative estimate of drug-likeness (QED) is 0.0909. The summed E-state index contributed by atoms with van der Waals surface area (Å²) in [7, 11) is 0. The second-order valence-corrected chi connectivity index (χ2v) is 9.64. The van der Waals surface area contributed by atoms with Gasteiger partial charge in [0, 0.05) is 39.0 Å². The van der Waals surface area contributed by atoms with Gasteiger partial charge in [0.2, 0.25) is 0 Å². The van der Waals surface area contributed by atoms with Crippen LogP contribution in [0.5, 0.6) is 0 Å². The predicted octanol–water partition coefficient (Wildman–Crippen LogP) is 7.56. The summed E-state index contributed by atoms with van der Waals surface area (Å²) >= 11 is 10.8. The lowest BCUT2D eigenvalue weighted by Gasteiger charge is -2.01. The van der Waals surface area contributed by atoms with E-state index in [0.717, 1.165) is 9.86 Å². The van der Waals surface area contributed by atoms with Gasteiger partial charge in [0.1, 0.15) is 28.2 Å². The van der Waals surface area contributed by atoms with Crippen LogP contribution in [0, 0.1) is 21.4 Å². The number of halogens is 2. The van der Waals surface area contributed by atoms with Gasteiger partial charge in [-0.3, -0.25) is 10.1 Å². The molecule has 2 aromatic carbocycles. The van der Waals surface area contributed by atoms with Gasteiger partial charge in [-0.1, -0.05) is 27.5 Å². The molecule has 5 rings (SSSR count). The van der Waals surface area contributed by atoms with E-state index in [0.29, 0.717) is 33.4 Å². The number of fused-ring (bicyclic) bond motifs is 1. The number of nitro groups is 1. The van der Waals surface area contributed by atoms with E-state index in [-0.39, 0.29) is 21.8 Å². The normalized spacial score (nSPS) is 11.5. The highest BCUT2D eigenvalue weighted by molar-refractivity contribution is 9.10. The van der Waals surface area contributed by atoms with Gasteiger partial charge in [-0.2, -0.15) is 5.26 Å². The van der Waals surface area contributed by atoms with Gasteiger partial charge in [-0.05, 0) is 42.5 Å². The van der Waals surface area contributed by atoms with Crippen molar-refractivity contribution in [2.75, 3.05) is 0 Å². The molecule has 3 aromatic heterocycles. The summed E-state index contributed by atoms with van der Waals surface area (Å²) in [5, 5.41) is 23.6. The number of aromatic nitrogens is 1. The highest BCUT2D eigenvalue weighted by Crippen LogP contribution is 2.34. The van der Waals surface area contributed by atoms with Crippen LogP contribution < -0.4 is 5.63 Å². The highest BCUT2D eigenvalue weighted by atomic mass is 79.9. The number of benzene rings is 2. The van der Waals surface area contributed by atoms with Gasteiger partial charge >= 0.3 is 5.63 Å². The highest BCUT2D eigenvalue weighted by Gasteiger charge is 2.16. The zero-order valence-corrected chi connectivity index (χ0v) is 21.1. The van der Waals surface area contributed by atoms with E-state index >= 15 is 0 Å². The molecule has 0 spiro atoms. The van der Waals surface area contributed by atoms with E-state index in [1.165, 1.54) is 35.6 Å². The van der Waals surface area contributed by atoms with Crippen molar-refractivity contribution in [3.05, 3.63) is 101 Å². The summed E-state index contributed by atoms with van der Waals surface area (Å²) < 4.78 is 12.1. The van der Waals surface area contributed by atoms with E-state index in [1.54, 1.807) is 35.7 Å². The second kappa shape index (κ2) is 9.54. The maximum atomic E-state index is 12.5. The zero-order valence-electron chi connectivity index (χ0n) is 17.9. The molecule has 0 saturated heterocycles. The molecule has 0 N–H and O–H groups in total. The molecule has 0 bridgehead atoms. The lowest BCUT2D eigenvalue weighted by atomic mass is 10.1. The number of non-ortho nitro benzene ring substituents is 1. The van der Waals surface area contributed by atoms with Crippen LogP contribution in [0.15, 0.2) is 78.1 Å². The Labute approximate surface area is 220 Å². The molecule has 8 nitrogen and oxygen atoms in total. The first-order chi connectivity index (χ1) is 17.3. The van der Waals surface area contributed by atoms with Crippen LogP contribution in [0.2, 0.25) is 5.02 Å². The number of nitriles is 1. The maximum Gasteiger partial charge on any atom is 0.345 e. The van der Waals surface area contributed by atoms with Crippen molar-refractivity contribution >= 4 is 67.2 Å². The molecule has 0 unspecified atom stereocenters. The topological polar surface area (TPSA) is 123 Å². The molecule has 0 radical (unpaired) electrons. The Bertz CT molecular complexity index is 1800. The smallest absolute Gasteiger partial charge is 0.345 e. The van der Waals surface area contributed by atoms with Crippen LogP contribution in [0.4, 0.5) is 5.69 Å². The Morgan fingerprint density at radius 2 is 1.97 bits per heavy atom. The largest absolute Gasteiger partial charge is 0.457 e. The van der Waals surface area contributed by atoms with Gasteiger partial charge in [0.05, 0.1) is 26.8 Å². The summed E-state index contributed by atoms with van der Waals surface area (Å²) in [5.74, 6) is 0.751. The molecule has 3 heterocycles. The van der Waals surface area contributed by atoms with Crippen LogP contribution in [-0.2, 0) is 0 Å². The first kappa shape index (κ1) is 23.7. The molecule has 0 fully saturated rings. The van der Waals surface area contributed by atoms with Gasteiger partial charge < -0.3 is 8.83 Å². The number of thiazole rings is 1. The minimum absolute atomic E-state index is 0.130. The van der Waals surface area contributed by atoms with Crippen molar-refractivity contribution in [3.8, 4) is 28.7 Å². The fourth-order valence-electron chi connectivity index (χ4n) is 3.47. The summed E-state index contributed by atoms with van der Waals surface area (Å²) in [6.07, 6.45) is 1.52. The third-order valence-corrected chi connectivity index (χ3v) is 6.85. The third-order valence-electron chi connectivity index (χ3n) is 5.17. The van der Waals surface area contributed by atoms with Crippen molar-refractivity contribution < 1.29 is 13.8 Å². The minimum Gasteiger partial charge on any atom is -0.457 e. The molecule has 0 aliphatic carbocycles. The molecule has 0 saturated carbocycles. The van der Waals surface area contributed by atoms with Gasteiger partial charge in [0.25, 0.3) is 5.69 Å².